The molecule has 2 aromatic carbocycles. The summed E-state index contributed by atoms with van der Waals surface area (Å²) in [5, 5.41) is 15.7. The monoisotopic (exact) mass is 393 g/mol. The zero-order valence-corrected chi connectivity index (χ0v) is 16.5. The fourth-order valence-electron chi connectivity index (χ4n) is 6.63. The van der Waals surface area contributed by atoms with Gasteiger partial charge in [-0.25, -0.2) is 0 Å². The van der Waals surface area contributed by atoms with E-state index in [9.17, 15) is 14.7 Å². The zero-order chi connectivity index (χ0) is 20.1. The number of carbonyl (C=O) groups excluding carboxylic acids is 2. The van der Waals surface area contributed by atoms with E-state index >= 15 is 0 Å². The Bertz CT molecular complexity index is 949. The first-order chi connectivity index (χ1) is 13.9. The van der Waals surface area contributed by atoms with Crippen LogP contribution in [0.2, 0.25) is 0 Å². The molecule has 2 unspecified atom stereocenters. The number of hydrogen-bond acceptors (Lipinski definition) is 4. The van der Waals surface area contributed by atoms with E-state index in [1.54, 1.807) is 0 Å². The largest absolute Gasteiger partial charge is 0.456 e. The smallest absolute Gasteiger partial charge is 0.306 e. The molecule has 2 aromatic rings. The Hall–Kier alpha value is -2.40. The average Bonchev–Trinajstić information content (AvgIpc) is 2.64. The minimum absolute atomic E-state index is 0.137. The van der Waals surface area contributed by atoms with E-state index in [0.29, 0.717) is 30.4 Å². The minimum atomic E-state index is -0.587. The molecule has 0 radical (unpaired) electrons. The van der Waals surface area contributed by atoms with Crippen molar-refractivity contribution in [3.8, 4) is 0 Å². The first kappa shape index (κ1) is 18.6. The first-order valence-corrected chi connectivity index (χ1v) is 10.6. The van der Waals surface area contributed by atoms with Crippen LogP contribution >= 0.6 is 0 Å². The summed E-state index contributed by atoms with van der Waals surface area (Å²) in [6.45, 7) is -0.282. The fraction of sp³-hybridized carbons (Fsp3) is 0.500. The van der Waals surface area contributed by atoms with Gasteiger partial charge in [0.05, 0.1) is 12.0 Å². The molecule has 0 aromatic heterocycles. The highest BCUT2D eigenvalue weighted by Crippen LogP contribution is 2.62. The molecule has 4 aliphatic carbocycles. The number of ether oxygens (including phenoxy) is 1. The van der Waals surface area contributed by atoms with Gasteiger partial charge in [0.2, 0.25) is 0 Å². The van der Waals surface area contributed by atoms with Gasteiger partial charge in [0.1, 0.15) is 0 Å². The van der Waals surface area contributed by atoms with Crippen LogP contribution in [0.5, 0.6) is 0 Å². The molecule has 0 heterocycles. The molecule has 152 valence electrons. The molecule has 0 saturated heterocycles. The Labute approximate surface area is 170 Å². The van der Waals surface area contributed by atoms with E-state index in [1.807, 2.05) is 42.5 Å². The van der Waals surface area contributed by atoms with Gasteiger partial charge in [-0.2, -0.15) is 0 Å². The van der Waals surface area contributed by atoms with Crippen molar-refractivity contribution in [2.24, 2.45) is 17.3 Å². The predicted molar refractivity (Wildman–Crippen MR) is 110 cm³/mol. The number of nitrogens with one attached hydrogen (secondary N) is 1. The number of amides is 1. The molecule has 0 aliphatic heterocycles. The van der Waals surface area contributed by atoms with Crippen LogP contribution in [0.15, 0.2) is 42.5 Å². The Balaban J connectivity index is 1.19. The average molecular weight is 393 g/mol. The third-order valence-electron chi connectivity index (χ3n) is 7.10. The van der Waals surface area contributed by atoms with E-state index in [4.69, 9.17) is 4.74 Å². The molecule has 4 atom stereocenters. The van der Waals surface area contributed by atoms with Gasteiger partial charge >= 0.3 is 5.97 Å². The van der Waals surface area contributed by atoms with E-state index in [-0.39, 0.29) is 23.9 Å². The Morgan fingerprint density at radius 3 is 2.52 bits per heavy atom. The lowest BCUT2D eigenvalue weighted by Crippen LogP contribution is -2.56. The molecule has 4 fully saturated rings. The van der Waals surface area contributed by atoms with Crippen LogP contribution in [0, 0.1) is 17.3 Å². The highest BCUT2D eigenvalue weighted by molar-refractivity contribution is 6.02. The molecule has 29 heavy (non-hydrogen) atoms. The molecule has 5 nitrogen and oxygen atoms in total. The van der Waals surface area contributed by atoms with E-state index in [1.165, 1.54) is 6.42 Å². The summed E-state index contributed by atoms with van der Waals surface area (Å²) in [4.78, 5) is 24.9. The van der Waals surface area contributed by atoms with Gasteiger partial charge in [-0.1, -0.05) is 36.4 Å². The number of benzene rings is 2. The molecular weight excluding hydrogens is 366 g/mol. The third kappa shape index (κ3) is 3.64. The SMILES string of the molecule is O=C(COC(=O)CC12C[C@@H]3C[C@@H](CC(O)(C3)C1)C2)Nc1cccc2ccccc12. The van der Waals surface area contributed by atoms with Crippen LogP contribution in [-0.2, 0) is 14.3 Å². The van der Waals surface area contributed by atoms with E-state index in [0.717, 1.165) is 36.5 Å². The lowest BCUT2D eigenvalue weighted by molar-refractivity contribution is -0.177. The lowest BCUT2D eigenvalue weighted by atomic mass is 9.47. The van der Waals surface area contributed by atoms with Gasteiger partial charge < -0.3 is 15.2 Å². The molecule has 2 N–H and O–H groups in total. The van der Waals surface area contributed by atoms with Crippen LogP contribution in [0.3, 0.4) is 0 Å². The summed E-state index contributed by atoms with van der Waals surface area (Å²) in [7, 11) is 0. The number of anilines is 1. The van der Waals surface area contributed by atoms with Crippen LogP contribution in [0.4, 0.5) is 5.69 Å². The number of esters is 1. The number of fused-ring (bicyclic) bond motifs is 1. The summed E-state index contributed by atoms with van der Waals surface area (Å²) in [6, 6.07) is 13.6. The molecule has 5 heteroatoms. The normalized spacial score (nSPS) is 32.3. The van der Waals surface area contributed by atoms with E-state index in [2.05, 4.69) is 5.32 Å². The topological polar surface area (TPSA) is 75.6 Å². The van der Waals surface area contributed by atoms with Crippen molar-refractivity contribution in [1.82, 2.24) is 0 Å². The number of hydrogen-bond donors (Lipinski definition) is 2. The van der Waals surface area contributed by atoms with Crippen LogP contribution < -0.4 is 5.32 Å². The molecule has 0 spiro atoms. The highest BCUT2D eigenvalue weighted by atomic mass is 16.5. The van der Waals surface area contributed by atoms with Gasteiger partial charge in [0.15, 0.2) is 6.61 Å². The molecule has 4 bridgehead atoms. The third-order valence-corrected chi connectivity index (χ3v) is 7.10. The van der Waals surface area contributed by atoms with Crippen molar-refractivity contribution in [2.75, 3.05) is 11.9 Å². The second-order valence-electron chi connectivity index (χ2n) is 9.60. The van der Waals surface area contributed by atoms with Crippen molar-refractivity contribution in [3.05, 3.63) is 42.5 Å². The van der Waals surface area contributed by atoms with Gasteiger partial charge in [0, 0.05) is 11.1 Å². The summed E-state index contributed by atoms with van der Waals surface area (Å²) in [5.74, 6) is 0.398. The first-order valence-electron chi connectivity index (χ1n) is 10.6. The van der Waals surface area contributed by atoms with Crippen LogP contribution in [0.25, 0.3) is 10.8 Å². The van der Waals surface area contributed by atoms with Gasteiger partial charge in [0.25, 0.3) is 5.91 Å². The van der Waals surface area contributed by atoms with E-state index < -0.39 is 5.60 Å². The summed E-state index contributed by atoms with van der Waals surface area (Å²) in [5.41, 5.74) is -0.00884. The Morgan fingerprint density at radius 1 is 1.03 bits per heavy atom. The van der Waals surface area contributed by atoms with Crippen molar-refractivity contribution in [1.29, 1.82) is 0 Å². The van der Waals surface area contributed by atoms with Crippen molar-refractivity contribution in [3.63, 3.8) is 0 Å². The molecule has 4 aliphatic rings. The number of carbonyl (C=O) groups is 2. The number of aliphatic hydroxyl groups is 1. The molecular formula is C24H27NO4. The zero-order valence-electron chi connectivity index (χ0n) is 16.5. The maximum absolute atomic E-state index is 12.5. The molecule has 1 amide bonds. The van der Waals surface area contributed by atoms with Crippen molar-refractivity contribution in [2.45, 2.75) is 50.5 Å². The fourth-order valence-corrected chi connectivity index (χ4v) is 6.63. The minimum Gasteiger partial charge on any atom is -0.456 e. The predicted octanol–water partition coefficient (Wildman–Crippen LogP) is 4.04. The van der Waals surface area contributed by atoms with Crippen LogP contribution in [-0.4, -0.2) is 29.2 Å². The Kier molecular flexibility index (Phi) is 4.39. The quantitative estimate of drug-likeness (QED) is 0.752. The summed E-state index contributed by atoms with van der Waals surface area (Å²) in [6.07, 6.45) is 5.97. The lowest BCUT2D eigenvalue weighted by Gasteiger charge is -2.60. The van der Waals surface area contributed by atoms with Crippen molar-refractivity contribution < 1.29 is 19.4 Å². The standard InChI is InChI=1S/C24H27NO4/c26-21(25-20-7-3-5-18-4-1-2-6-19(18)20)14-29-22(27)13-23-9-16-8-17(10-23)12-24(28,11-16)15-23/h1-7,16-17,28H,8-15H2,(H,25,26)/t16-,17+,23?,24?. The maximum Gasteiger partial charge on any atom is 0.306 e. The highest BCUT2D eigenvalue weighted by Gasteiger charge is 2.57. The second-order valence-corrected chi connectivity index (χ2v) is 9.60. The van der Waals surface area contributed by atoms with Gasteiger partial charge in [-0.15, -0.1) is 0 Å². The molecule has 6 rings (SSSR count). The second kappa shape index (κ2) is 6.84. The summed E-state index contributed by atoms with van der Waals surface area (Å²) >= 11 is 0. The summed E-state index contributed by atoms with van der Waals surface area (Å²) < 4.78 is 5.33. The molecule has 4 saturated carbocycles. The maximum atomic E-state index is 12.5. The van der Waals surface area contributed by atoms with Gasteiger partial charge in [-0.05, 0) is 67.2 Å². The van der Waals surface area contributed by atoms with Crippen LogP contribution in [0.1, 0.15) is 44.9 Å². The van der Waals surface area contributed by atoms with Crippen molar-refractivity contribution >= 4 is 28.3 Å². The van der Waals surface area contributed by atoms with Gasteiger partial charge in [-0.3, -0.25) is 9.59 Å². The Morgan fingerprint density at radius 2 is 1.76 bits per heavy atom. The number of rotatable bonds is 5.